The molecule has 0 saturated carbocycles. The number of hydrogen-bond acceptors (Lipinski definition) is 2. The molecule has 0 fully saturated rings. The van der Waals surface area contributed by atoms with E-state index in [1.165, 1.54) is 0 Å². The Morgan fingerprint density at radius 3 is 2.82 bits per heavy atom. The van der Waals surface area contributed by atoms with E-state index in [-0.39, 0.29) is 5.91 Å². The normalized spacial score (nSPS) is 9.94. The molecule has 0 bridgehead atoms. The maximum absolute atomic E-state index is 11.8. The summed E-state index contributed by atoms with van der Waals surface area (Å²) in [6, 6.07) is 12.6. The van der Waals surface area contributed by atoms with Crippen LogP contribution in [0.25, 0.3) is 0 Å². The average Bonchev–Trinajstić information content (AvgIpc) is 2.40. The highest BCUT2D eigenvalue weighted by Crippen LogP contribution is 2.13. The Hall–Kier alpha value is -1.87. The molecule has 0 aliphatic carbocycles. The summed E-state index contributed by atoms with van der Waals surface area (Å²) in [4.78, 5) is 15.8. The van der Waals surface area contributed by atoms with Gasteiger partial charge in [-0.15, -0.1) is 11.6 Å². The molecule has 0 spiro atoms. The Morgan fingerprint density at radius 2 is 2.12 bits per heavy atom. The lowest BCUT2D eigenvalue weighted by Crippen LogP contribution is -2.13. The Balaban J connectivity index is 2.13. The molecule has 0 saturated heterocycles. The molecule has 0 aliphatic heterocycles. The van der Waals surface area contributed by atoms with Crippen molar-refractivity contribution in [3.8, 4) is 0 Å². The van der Waals surface area contributed by atoms with Crippen molar-refractivity contribution in [2.45, 2.75) is 5.88 Å². The summed E-state index contributed by atoms with van der Waals surface area (Å²) >= 11 is 5.73. The second-order valence-electron chi connectivity index (χ2n) is 3.50. The Morgan fingerprint density at radius 1 is 1.24 bits per heavy atom. The Kier molecular flexibility index (Phi) is 3.73. The molecule has 0 radical (unpaired) electrons. The maximum Gasteiger partial charge on any atom is 0.274 e. The van der Waals surface area contributed by atoms with Crippen molar-refractivity contribution in [3.63, 3.8) is 0 Å². The van der Waals surface area contributed by atoms with Crippen molar-refractivity contribution < 1.29 is 4.79 Å². The van der Waals surface area contributed by atoms with Crippen LogP contribution in [-0.4, -0.2) is 10.9 Å². The van der Waals surface area contributed by atoms with E-state index in [4.69, 9.17) is 11.6 Å². The number of halogens is 1. The lowest BCUT2D eigenvalue weighted by Gasteiger charge is -2.05. The van der Waals surface area contributed by atoms with Gasteiger partial charge in [-0.05, 0) is 29.8 Å². The van der Waals surface area contributed by atoms with Gasteiger partial charge in [-0.1, -0.05) is 18.2 Å². The molecule has 17 heavy (non-hydrogen) atoms. The van der Waals surface area contributed by atoms with E-state index in [0.29, 0.717) is 11.6 Å². The first-order valence-electron chi connectivity index (χ1n) is 5.17. The third-order valence-corrected chi connectivity index (χ3v) is 2.55. The molecule has 0 unspecified atom stereocenters. The van der Waals surface area contributed by atoms with Gasteiger partial charge >= 0.3 is 0 Å². The van der Waals surface area contributed by atoms with E-state index >= 15 is 0 Å². The third kappa shape index (κ3) is 3.04. The molecule has 2 aromatic rings. The van der Waals surface area contributed by atoms with Gasteiger partial charge in [0.2, 0.25) is 0 Å². The number of pyridine rings is 1. The number of benzene rings is 1. The van der Waals surface area contributed by atoms with Gasteiger partial charge in [0.1, 0.15) is 5.69 Å². The third-order valence-electron chi connectivity index (χ3n) is 2.24. The number of amides is 1. The van der Waals surface area contributed by atoms with Crippen LogP contribution in [0.3, 0.4) is 0 Å². The van der Waals surface area contributed by atoms with E-state index in [9.17, 15) is 4.79 Å². The number of alkyl halides is 1. The first kappa shape index (κ1) is 11.6. The quantitative estimate of drug-likeness (QED) is 0.846. The van der Waals surface area contributed by atoms with Crippen LogP contribution in [-0.2, 0) is 5.88 Å². The summed E-state index contributed by atoms with van der Waals surface area (Å²) in [5, 5.41) is 2.77. The monoisotopic (exact) mass is 246 g/mol. The molecule has 1 aromatic heterocycles. The molecule has 3 nitrogen and oxygen atoms in total. The van der Waals surface area contributed by atoms with Crippen LogP contribution in [0.2, 0.25) is 0 Å². The van der Waals surface area contributed by atoms with E-state index in [2.05, 4.69) is 10.3 Å². The molecule has 1 amide bonds. The molecule has 0 aliphatic rings. The summed E-state index contributed by atoms with van der Waals surface area (Å²) in [5.41, 5.74) is 2.08. The Bertz CT molecular complexity index is 514. The lowest BCUT2D eigenvalue weighted by molar-refractivity contribution is 0.102. The van der Waals surface area contributed by atoms with Crippen LogP contribution in [0.1, 0.15) is 16.1 Å². The van der Waals surface area contributed by atoms with Gasteiger partial charge in [0.05, 0.1) is 0 Å². The van der Waals surface area contributed by atoms with E-state index < -0.39 is 0 Å². The molecule has 2 rings (SSSR count). The van der Waals surface area contributed by atoms with E-state index in [1.807, 2.05) is 24.3 Å². The van der Waals surface area contributed by atoms with Gasteiger partial charge in [-0.25, -0.2) is 0 Å². The van der Waals surface area contributed by atoms with Gasteiger partial charge in [-0.3, -0.25) is 9.78 Å². The summed E-state index contributed by atoms with van der Waals surface area (Å²) in [6.45, 7) is 0. The number of nitrogens with zero attached hydrogens (tertiary/aromatic N) is 1. The number of carbonyl (C=O) groups is 1. The van der Waals surface area contributed by atoms with Crippen LogP contribution in [0, 0.1) is 0 Å². The first-order valence-corrected chi connectivity index (χ1v) is 5.70. The minimum Gasteiger partial charge on any atom is -0.321 e. The number of rotatable bonds is 3. The van der Waals surface area contributed by atoms with E-state index in [1.54, 1.807) is 24.4 Å². The van der Waals surface area contributed by atoms with E-state index in [0.717, 1.165) is 11.3 Å². The lowest BCUT2D eigenvalue weighted by atomic mass is 10.2. The van der Waals surface area contributed by atoms with Crippen LogP contribution >= 0.6 is 11.6 Å². The van der Waals surface area contributed by atoms with Crippen LogP contribution in [0.4, 0.5) is 5.69 Å². The summed E-state index contributed by atoms with van der Waals surface area (Å²) < 4.78 is 0. The SMILES string of the molecule is O=C(Nc1cccc(CCl)c1)c1ccccn1. The zero-order valence-electron chi connectivity index (χ0n) is 9.06. The molecular weight excluding hydrogens is 236 g/mol. The fraction of sp³-hybridized carbons (Fsp3) is 0.0769. The molecule has 0 atom stereocenters. The van der Waals surface area contributed by atoms with Crippen LogP contribution in [0.15, 0.2) is 48.7 Å². The summed E-state index contributed by atoms with van der Waals surface area (Å²) in [5.74, 6) is 0.199. The molecule has 1 N–H and O–H groups in total. The fourth-order valence-corrected chi connectivity index (χ4v) is 1.59. The summed E-state index contributed by atoms with van der Waals surface area (Å²) in [6.07, 6.45) is 1.59. The largest absolute Gasteiger partial charge is 0.321 e. The van der Waals surface area contributed by atoms with Gasteiger partial charge in [0.25, 0.3) is 5.91 Å². The fourth-order valence-electron chi connectivity index (χ4n) is 1.42. The highest BCUT2D eigenvalue weighted by atomic mass is 35.5. The molecule has 1 heterocycles. The number of anilines is 1. The number of hydrogen-bond donors (Lipinski definition) is 1. The molecule has 4 heteroatoms. The molecular formula is C13H11ClN2O. The maximum atomic E-state index is 11.8. The van der Waals surface area contributed by atoms with Crippen molar-refractivity contribution in [1.82, 2.24) is 4.98 Å². The van der Waals surface area contributed by atoms with Gasteiger partial charge in [0, 0.05) is 17.8 Å². The van der Waals surface area contributed by atoms with Crippen molar-refractivity contribution in [1.29, 1.82) is 0 Å². The second-order valence-corrected chi connectivity index (χ2v) is 3.77. The van der Waals surface area contributed by atoms with Gasteiger partial charge in [-0.2, -0.15) is 0 Å². The topological polar surface area (TPSA) is 42.0 Å². The standard InChI is InChI=1S/C13H11ClN2O/c14-9-10-4-3-5-11(8-10)16-13(17)12-6-1-2-7-15-12/h1-8H,9H2,(H,16,17). The summed E-state index contributed by atoms with van der Waals surface area (Å²) in [7, 11) is 0. The van der Waals surface area contributed by atoms with Crippen molar-refractivity contribution >= 4 is 23.2 Å². The zero-order valence-corrected chi connectivity index (χ0v) is 9.82. The average molecular weight is 247 g/mol. The number of carbonyl (C=O) groups excluding carboxylic acids is 1. The minimum atomic E-state index is -0.225. The van der Waals surface area contributed by atoms with Gasteiger partial charge in [0.15, 0.2) is 0 Å². The molecule has 86 valence electrons. The smallest absolute Gasteiger partial charge is 0.274 e. The predicted octanol–water partition coefficient (Wildman–Crippen LogP) is 3.07. The Labute approximate surface area is 104 Å². The zero-order chi connectivity index (χ0) is 12.1. The van der Waals surface area contributed by atoms with Crippen molar-refractivity contribution in [2.75, 3.05) is 5.32 Å². The van der Waals surface area contributed by atoms with Crippen molar-refractivity contribution in [2.24, 2.45) is 0 Å². The highest BCUT2D eigenvalue weighted by Gasteiger charge is 2.06. The van der Waals surface area contributed by atoms with Crippen LogP contribution < -0.4 is 5.32 Å². The highest BCUT2D eigenvalue weighted by molar-refractivity contribution is 6.17. The molecule has 1 aromatic carbocycles. The number of aromatic nitrogens is 1. The van der Waals surface area contributed by atoms with Gasteiger partial charge < -0.3 is 5.32 Å². The minimum absolute atomic E-state index is 0.225. The van der Waals surface area contributed by atoms with Crippen LogP contribution in [0.5, 0.6) is 0 Å². The first-order chi connectivity index (χ1) is 8.29. The number of nitrogens with one attached hydrogen (secondary N) is 1. The van der Waals surface area contributed by atoms with Crippen molar-refractivity contribution in [3.05, 3.63) is 59.9 Å². The second kappa shape index (κ2) is 5.46. The predicted molar refractivity (Wildman–Crippen MR) is 68.2 cm³/mol.